The van der Waals surface area contributed by atoms with Gasteiger partial charge in [0.05, 0.1) is 13.5 Å². The molecule has 0 aliphatic heterocycles. The molecule has 0 N–H and O–H groups in total. The van der Waals surface area contributed by atoms with Crippen molar-refractivity contribution in [3.8, 4) is 0 Å². The Morgan fingerprint density at radius 1 is 1.50 bits per heavy atom. The fourth-order valence-corrected chi connectivity index (χ4v) is 2.20. The Morgan fingerprint density at radius 2 is 2.31 bits per heavy atom. The normalized spacial score (nSPS) is 10.7. The van der Waals surface area contributed by atoms with Crippen molar-refractivity contribution in [2.45, 2.75) is 19.8 Å². The number of methoxy groups -OCH3 is 1. The minimum atomic E-state index is -0.130. The van der Waals surface area contributed by atoms with Crippen LogP contribution in [-0.4, -0.2) is 37.6 Å². The summed E-state index contributed by atoms with van der Waals surface area (Å²) in [5.74, 6) is -0.130. The lowest BCUT2D eigenvalue weighted by Gasteiger charge is -2.19. The minimum absolute atomic E-state index is 0.130. The molecular weight excluding hydrogens is 222 g/mol. The van der Waals surface area contributed by atoms with E-state index < -0.39 is 0 Å². The van der Waals surface area contributed by atoms with E-state index in [0.29, 0.717) is 6.42 Å². The predicted octanol–water partition coefficient (Wildman–Crippen LogP) is 2.18. The summed E-state index contributed by atoms with van der Waals surface area (Å²) in [5, 5.41) is 2.10. The quantitative estimate of drug-likeness (QED) is 0.685. The smallest absolute Gasteiger partial charge is 0.306 e. The summed E-state index contributed by atoms with van der Waals surface area (Å²) in [6.07, 6.45) is 1.54. The van der Waals surface area contributed by atoms with E-state index in [4.69, 9.17) is 0 Å². The number of ether oxygens (including phenoxy) is 1. The molecule has 0 saturated carbocycles. The average Bonchev–Trinajstić information content (AvgIpc) is 2.81. The second-order valence-corrected chi connectivity index (χ2v) is 4.62. The Morgan fingerprint density at radius 3 is 2.88 bits per heavy atom. The molecule has 90 valence electrons. The molecule has 0 atom stereocenters. The van der Waals surface area contributed by atoms with Crippen molar-refractivity contribution in [1.29, 1.82) is 0 Å². The second-order valence-electron chi connectivity index (χ2n) is 3.59. The summed E-state index contributed by atoms with van der Waals surface area (Å²) >= 11 is 1.79. The molecule has 0 bridgehead atoms. The molecule has 1 heterocycles. The largest absolute Gasteiger partial charge is 0.469 e. The molecule has 3 nitrogen and oxygen atoms in total. The van der Waals surface area contributed by atoms with Crippen molar-refractivity contribution in [2.75, 3.05) is 26.7 Å². The first-order valence-electron chi connectivity index (χ1n) is 5.57. The van der Waals surface area contributed by atoms with Crippen LogP contribution in [-0.2, 0) is 16.0 Å². The van der Waals surface area contributed by atoms with E-state index in [1.54, 1.807) is 11.3 Å². The third kappa shape index (κ3) is 4.77. The maximum atomic E-state index is 11.0. The van der Waals surface area contributed by atoms with Crippen molar-refractivity contribution in [3.05, 3.63) is 22.4 Å². The maximum Gasteiger partial charge on any atom is 0.306 e. The van der Waals surface area contributed by atoms with Crippen molar-refractivity contribution in [1.82, 2.24) is 4.90 Å². The van der Waals surface area contributed by atoms with Crippen molar-refractivity contribution in [3.63, 3.8) is 0 Å². The van der Waals surface area contributed by atoms with Crippen molar-refractivity contribution >= 4 is 17.3 Å². The summed E-state index contributed by atoms with van der Waals surface area (Å²) in [5.41, 5.74) is 0. The third-order valence-electron chi connectivity index (χ3n) is 2.56. The fourth-order valence-electron chi connectivity index (χ4n) is 1.50. The Bertz CT molecular complexity index is 298. The molecule has 0 unspecified atom stereocenters. The average molecular weight is 241 g/mol. The highest BCUT2D eigenvalue weighted by atomic mass is 32.1. The first kappa shape index (κ1) is 13.2. The van der Waals surface area contributed by atoms with Gasteiger partial charge in [-0.15, -0.1) is 11.3 Å². The van der Waals surface area contributed by atoms with Crippen molar-refractivity contribution in [2.24, 2.45) is 0 Å². The number of nitrogens with zero attached hydrogens (tertiary/aromatic N) is 1. The topological polar surface area (TPSA) is 29.5 Å². The molecule has 0 amide bonds. The molecule has 4 heteroatoms. The molecule has 0 fully saturated rings. The number of esters is 1. The van der Waals surface area contributed by atoms with E-state index in [-0.39, 0.29) is 5.97 Å². The number of thiophene rings is 1. The zero-order chi connectivity index (χ0) is 11.8. The lowest BCUT2D eigenvalue weighted by atomic mass is 10.3. The number of rotatable bonds is 7. The molecule has 0 aliphatic carbocycles. The summed E-state index contributed by atoms with van der Waals surface area (Å²) in [4.78, 5) is 14.7. The van der Waals surface area contributed by atoms with Gasteiger partial charge >= 0.3 is 5.97 Å². The van der Waals surface area contributed by atoms with Crippen LogP contribution < -0.4 is 0 Å². The summed E-state index contributed by atoms with van der Waals surface area (Å²) in [6.45, 7) is 4.89. The molecule has 1 aromatic rings. The van der Waals surface area contributed by atoms with E-state index >= 15 is 0 Å². The highest BCUT2D eigenvalue weighted by Crippen LogP contribution is 2.09. The Labute approximate surface area is 101 Å². The monoisotopic (exact) mass is 241 g/mol. The Balaban J connectivity index is 2.23. The van der Waals surface area contributed by atoms with Gasteiger partial charge in [0.2, 0.25) is 0 Å². The summed E-state index contributed by atoms with van der Waals surface area (Å²) in [6, 6.07) is 4.23. The predicted molar refractivity (Wildman–Crippen MR) is 66.8 cm³/mol. The van der Waals surface area contributed by atoms with Gasteiger partial charge in [-0.25, -0.2) is 0 Å². The maximum absolute atomic E-state index is 11.0. The standard InChI is InChI=1S/C12H19NO2S/c1-3-13(9-7-12(14)15-2)8-6-11-5-4-10-16-11/h4-5,10H,3,6-9H2,1-2H3. The summed E-state index contributed by atoms with van der Waals surface area (Å²) < 4.78 is 4.63. The second kappa shape index (κ2) is 7.41. The Kier molecular flexibility index (Phi) is 6.11. The van der Waals surface area contributed by atoms with Crippen LogP contribution in [0, 0.1) is 0 Å². The highest BCUT2D eigenvalue weighted by Gasteiger charge is 2.06. The number of carbonyl (C=O) groups is 1. The zero-order valence-electron chi connectivity index (χ0n) is 9.94. The van der Waals surface area contributed by atoms with Crippen molar-refractivity contribution < 1.29 is 9.53 Å². The minimum Gasteiger partial charge on any atom is -0.469 e. The fraction of sp³-hybridized carbons (Fsp3) is 0.583. The van der Waals surface area contributed by atoms with Gasteiger partial charge in [0.15, 0.2) is 0 Å². The molecule has 1 aromatic heterocycles. The van der Waals surface area contributed by atoms with Gasteiger partial charge in [-0.2, -0.15) is 0 Å². The van der Waals surface area contributed by atoms with Crippen LogP contribution in [0.1, 0.15) is 18.2 Å². The van der Waals surface area contributed by atoms with Gasteiger partial charge < -0.3 is 9.64 Å². The molecular formula is C12H19NO2S. The van der Waals surface area contributed by atoms with Gasteiger partial charge in [0.25, 0.3) is 0 Å². The molecule has 0 aliphatic rings. The van der Waals surface area contributed by atoms with Crippen LogP contribution in [0.2, 0.25) is 0 Å². The van der Waals surface area contributed by atoms with E-state index in [1.165, 1.54) is 12.0 Å². The first-order valence-corrected chi connectivity index (χ1v) is 6.45. The zero-order valence-corrected chi connectivity index (χ0v) is 10.8. The van der Waals surface area contributed by atoms with Gasteiger partial charge in [-0.05, 0) is 24.4 Å². The van der Waals surface area contributed by atoms with Gasteiger partial charge in [0, 0.05) is 18.0 Å². The van der Waals surface area contributed by atoms with E-state index in [9.17, 15) is 4.79 Å². The lowest BCUT2D eigenvalue weighted by molar-refractivity contribution is -0.140. The molecule has 1 rings (SSSR count). The van der Waals surface area contributed by atoms with Gasteiger partial charge in [0.1, 0.15) is 0 Å². The SMILES string of the molecule is CCN(CCC(=O)OC)CCc1cccs1. The number of carbonyl (C=O) groups excluding carboxylic acids is 1. The van der Waals surface area contributed by atoms with Gasteiger partial charge in [-0.1, -0.05) is 13.0 Å². The molecule has 0 saturated heterocycles. The first-order chi connectivity index (χ1) is 7.76. The molecule has 0 radical (unpaired) electrons. The van der Waals surface area contributed by atoms with Crippen LogP contribution in [0.25, 0.3) is 0 Å². The number of hydrogen-bond donors (Lipinski definition) is 0. The number of likely N-dealkylation sites (N-methyl/N-ethyl adjacent to an activating group) is 1. The highest BCUT2D eigenvalue weighted by molar-refractivity contribution is 7.09. The number of hydrogen-bond acceptors (Lipinski definition) is 4. The molecule has 16 heavy (non-hydrogen) atoms. The Hall–Kier alpha value is -0.870. The van der Waals surface area contributed by atoms with E-state index in [2.05, 4.69) is 34.1 Å². The van der Waals surface area contributed by atoms with Crippen LogP contribution in [0.5, 0.6) is 0 Å². The van der Waals surface area contributed by atoms with Crippen LogP contribution in [0.3, 0.4) is 0 Å². The third-order valence-corrected chi connectivity index (χ3v) is 3.50. The summed E-state index contributed by atoms with van der Waals surface area (Å²) in [7, 11) is 1.43. The molecule has 0 spiro atoms. The van der Waals surface area contributed by atoms with Crippen LogP contribution >= 0.6 is 11.3 Å². The van der Waals surface area contributed by atoms with Crippen LogP contribution in [0.15, 0.2) is 17.5 Å². The van der Waals surface area contributed by atoms with Crippen LogP contribution in [0.4, 0.5) is 0 Å². The lowest BCUT2D eigenvalue weighted by Crippen LogP contribution is -2.28. The van der Waals surface area contributed by atoms with Gasteiger partial charge in [-0.3, -0.25) is 4.79 Å². The van der Waals surface area contributed by atoms with E-state index in [1.807, 2.05) is 0 Å². The van der Waals surface area contributed by atoms with E-state index in [0.717, 1.165) is 26.1 Å². The molecule has 0 aromatic carbocycles.